The van der Waals surface area contributed by atoms with E-state index in [1.165, 1.54) is 0 Å². The molecular formula is C23H40IN5O4. The zero-order valence-corrected chi connectivity index (χ0v) is 23.3. The minimum atomic E-state index is -0.379. The minimum absolute atomic E-state index is 0. The molecule has 2 N–H and O–H groups in total. The minimum Gasteiger partial charge on any atom is -0.493 e. The van der Waals surface area contributed by atoms with Crippen molar-refractivity contribution in [2.45, 2.75) is 27.3 Å². The SMILES string of the molecule is CN=C(NCCNC(=O)C(C)(C)C)N1CCN(Cc2cc(OC)c(OC)c(OC)c2)CC1.I. The second-order valence-electron chi connectivity index (χ2n) is 8.78. The molecule has 0 aromatic heterocycles. The van der Waals surface area contributed by atoms with Crippen LogP contribution < -0.4 is 24.8 Å². The molecule has 1 saturated heterocycles. The van der Waals surface area contributed by atoms with Gasteiger partial charge in [-0.25, -0.2) is 0 Å². The Morgan fingerprint density at radius 2 is 1.52 bits per heavy atom. The van der Waals surface area contributed by atoms with Gasteiger partial charge >= 0.3 is 0 Å². The Kier molecular flexibility index (Phi) is 12.1. The Morgan fingerprint density at radius 1 is 0.970 bits per heavy atom. The van der Waals surface area contributed by atoms with Crippen molar-refractivity contribution in [2.24, 2.45) is 10.4 Å². The van der Waals surface area contributed by atoms with Crippen molar-refractivity contribution in [3.63, 3.8) is 0 Å². The first-order valence-corrected chi connectivity index (χ1v) is 11.0. The van der Waals surface area contributed by atoms with E-state index < -0.39 is 0 Å². The molecule has 0 unspecified atom stereocenters. The second kappa shape index (κ2) is 13.7. The Balaban J connectivity index is 0.00000544. The molecule has 0 radical (unpaired) electrons. The third kappa shape index (κ3) is 8.40. The lowest BCUT2D eigenvalue weighted by atomic mass is 9.96. The number of halogens is 1. The van der Waals surface area contributed by atoms with Crippen LogP contribution in [-0.2, 0) is 11.3 Å². The first-order chi connectivity index (χ1) is 15.2. The van der Waals surface area contributed by atoms with Gasteiger partial charge in [0.25, 0.3) is 0 Å². The van der Waals surface area contributed by atoms with Crippen molar-refractivity contribution in [1.29, 1.82) is 0 Å². The normalized spacial score (nSPS) is 14.9. The molecular weight excluding hydrogens is 537 g/mol. The van der Waals surface area contributed by atoms with E-state index >= 15 is 0 Å². The highest BCUT2D eigenvalue weighted by Gasteiger charge is 2.22. The summed E-state index contributed by atoms with van der Waals surface area (Å²) < 4.78 is 16.4. The van der Waals surface area contributed by atoms with Crippen molar-refractivity contribution < 1.29 is 19.0 Å². The van der Waals surface area contributed by atoms with Gasteiger partial charge in [0.2, 0.25) is 11.7 Å². The van der Waals surface area contributed by atoms with Gasteiger partial charge in [0, 0.05) is 58.3 Å². The van der Waals surface area contributed by atoms with E-state index in [9.17, 15) is 4.79 Å². The third-order valence-corrected chi connectivity index (χ3v) is 5.39. The fourth-order valence-corrected chi connectivity index (χ4v) is 3.55. The van der Waals surface area contributed by atoms with Gasteiger partial charge in [-0.2, -0.15) is 0 Å². The van der Waals surface area contributed by atoms with Crippen molar-refractivity contribution in [3.05, 3.63) is 17.7 Å². The third-order valence-electron chi connectivity index (χ3n) is 5.39. The molecule has 0 aliphatic carbocycles. The number of carbonyl (C=O) groups excluding carboxylic acids is 1. The smallest absolute Gasteiger partial charge is 0.225 e. The highest BCUT2D eigenvalue weighted by Crippen LogP contribution is 2.38. The summed E-state index contributed by atoms with van der Waals surface area (Å²) >= 11 is 0. The van der Waals surface area contributed by atoms with Crippen molar-refractivity contribution in [2.75, 3.05) is 67.6 Å². The number of methoxy groups -OCH3 is 3. The standard InChI is InChI=1S/C23H39N5O4.HI/c1-23(2,3)21(29)25-8-9-26-22(24-4)28-12-10-27(11-13-28)16-17-14-18(30-5)20(32-7)19(15-17)31-6;/h14-15H,8-13,16H2,1-7H3,(H,24,26)(H,25,29);1H. The molecule has 33 heavy (non-hydrogen) atoms. The van der Waals surface area contributed by atoms with Gasteiger partial charge in [-0.1, -0.05) is 20.8 Å². The fourth-order valence-electron chi connectivity index (χ4n) is 3.55. The van der Waals surface area contributed by atoms with Crippen molar-refractivity contribution in [3.8, 4) is 17.2 Å². The fraction of sp³-hybridized carbons (Fsp3) is 0.652. The molecule has 1 aromatic carbocycles. The first-order valence-electron chi connectivity index (χ1n) is 11.0. The summed E-state index contributed by atoms with van der Waals surface area (Å²) in [5.74, 6) is 2.86. The molecule has 1 heterocycles. The maximum Gasteiger partial charge on any atom is 0.225 e. The van der Waals surface area contributed by atoms with E-state index in [-0.39, 0.29) is 35.3 Å². The predicted molar refractivity (Wildman–Crippen MR) is 142 cm³/mol. The average molecular weight is 578 g/mol. The van der Waals surface area contributed by atoms with Crippen LogP contribution in [0.2, 0.25) is 0 Å². The molecule has 1 amide bonds. The van der Waals surface area contributed by atoms with Gasteiger partial charge in [0.1, 0.15) is 0 Å². The van der Waals surface area contributed by atoms with E-state index in [2.05, 4.69) is 25.4 Å². The number of guanidine groups is 1. The summed E-state index contributed by atoms with van der Waals surface area (Å²) in [6, 6.07) is 4.00. The molecule has 0 bridgehead atoms. The van der Waals surface area contributed by atoms with Gasteiger partial charge in [-0.15, -0.1) is 24.0 Å². The number of ether oxygens (including phenoxy) is 3. The van der Waals surface area contributed by atoms with Crippen LogP contribution in [0.15, 0.2) is 17.1 Å². The van der Waals surface area contributed by atoms with Crippen LogP contribution in [-0.4, -0.2) is 89.3 Å². The number of hydrogen-bond donors (Lipinski definition) is 2. The molecule has 1 aliphatic heterocycles. The van der Waals surface area contributed by atoms with E-state index in [1.54, 1.807) is 28.4 Å². The number of rotatable bonds is 8. The summed E-state index contributed by atoms with van der Waals surface area (Å²) in [5.41, 5.74) is 0.737. The lowest BCUT2D eigenvalue weighted by molar-refractivity contribution is -0.128. The number of piperazine rings is 1. The zero-order valence-electron chi connectivity index (χ0n) is 21.0. The first kappa shape index (κ1) is 29.1. The average Bonchev–Trinajstić information content (AvgIpc) is 2.78. The number of nitrogens with one attached hydrogen (secondary N) is 2. The summed E-state index contributed by atoms with van der Waals surface area (Å²) in [5, 5.41) is 6.30. The Labute approximate surface area is 215 Å². The molecule has 188 valence electrons. The predicted octanol–water partition coefficient (Wildman–Crippen LogP) is 2.19. The van der Waals surface area contributed by atoms with Crippen LogP contribution in [0, 0.1) is 5.41 Å². The van der Waals surface area contributed by atoms with Gasteiger partial charge < -0.3 is 29.7 Å². The van der Waals surface area contributed by atoms with Gasteiger partial charge in [-0.05, 0) is 17.7 Å². The molecule has 0 atom stereocenters. The van der Waals surface area contributed by atoms with Gasteiger partial charge in [0.05, 0.1) is 21.3 Å². The molecule has 9 nitrogen and oxygen atoms in total. The number of amides is 1. The number of hydrogen-bond acceptors (Lipinski definition) is 6. The second-order valence-corrected chi connectivity index (χ2v) is 8.78. The molecule has 2 rings (SSSR count). The Bertz CT molecular complexity index is 765. The quantitative estimate of drug-likeness (QED) is 0.212. The van der Waals surface area contributed by atoms with Crippen LogP contribution in [0.4, 0.5) is 0 Å². The van der Waals surface area contributed by atoms with Crippen LogP contribution in [0.25, 0.3) is 0 Å². The maximum absolute atomic E-state index is 12.0. The Morgan fingerprint density at radius 3 is 1.97 bits per heavy atom. The summed E-state index contributed by atoms with van der Waals surface area (Å²) in [6.45, 7) is 11.3. The summed E-state index contributed by atoms with van der Waals surface area (Å²) in [4.78, 5) is 21.0. The van der Waals surface area contributed by atoms with Gasteiger partial charge in [-0.3, -0.25) is 14.7 Å². The van der Waals surface area contributed by atoms with Crippen molar-refractivity contribution in [1.82, 2.24) is 20.4 Å². The van der Waals surface area contributed by atoms with E-state index in [0.717, 1.165) is 44.2 Å². The van der Waals surface area contributed by atoms with Crippen LogP contribution >= 0.6 is 24.0 Å². The van der Waals surface area contributed by atoms with Crippen LogP contribution in [0.5, 0.6) is 17.2 Å². The zero-order chi connectivity index (χ0) is 23.7. The lowest BCUT2D eigenvalue weighted by Crippen LogP contribution is -2.53. The van der Waals surface area contributed by atoms with Crippen LogP contribution in [0.1, 0.15) is 26.3 Å². The molecule has 1 fully saturated rings. The largest absolute Gasteiger partial charge is 0.493 e. The number of carbonyl (C=O) groups is 1. The van der Waals surface area contributed by atoms with E-state index in [0.29, 0.717) is 30.3 Å². The van der Waals surface area contributed by atoms with E-state index in [4.69, 9.17) is 14.2 Å². The molecule has 1 aromatic rings. The number of nitrogens with zero attached hydrogens (tertiary/aromatic N) is 3. The number of aliphatic imine (C=N–C) groups is 1. The van der Waals surface area contributed by atoms with E-state index in [1.807, 2.05) is 32.9 Å². The molecule has 10 heteroatoms. The summed E-state index contributed by atoms with van der Waals surface area (Å²) in [7, 11) is 6.66. The topological polar surface area (TPSA) is 87.7 Å². The lowest BCUT2D eigenvalue weighted by Gasteiger charge is -2.36. The monoisotopic (exact) mass is 577 g/mol. The highest BCUT2D eigenvalue weighted by atomic mass is 127. The molecule has 1 aliphatic rings. The maximum atomic E-state index is 12.0. The highest BCUT2D eigenvalue weighted by molar-refractivity contribution is 14.0. The molecule has 0 saturated carbocycles. The summed E-state index contributed by atoms with van der Waals surface area (Å²) in [6.07, 6.45) is 0. The molecule has 0 spiro atoms. The van der Waals surface area contributed by atoms with Crippen molar-refractivity contribution >= 4 is 35.8 Å². The number of benzene rings is 1. The Hall–Kier alpha value is -1.95. The van der Waals surface area contributed by atoms with Crippen LogP contribution in [0.3, 0.4) is 0 Å². The van der Waals surface area contributed by atoms with Gasteiger partial charge in [0.15, 0.2) is 17.5 Å².